The number of urea groups is 1. The first kappa shape index (κ1) is 28.7. The average molecular weight is 603 g/mol. The number of amides is 2. The third kappa shape index (κ3) is 6.41. The second-order valence-corrected chi connectivity index (χ2v) is 13.5. The van der Waals surface area contributed by atoms with Gasteiger partial charge in [-0.3, -0.25) is 0 Å². The van der Waals surface area contributed by atoms with Crippen LogP contribution in [0.1, 0.15) is 48.8 Å². The number of carbonyl (C=O) groups is 1. The molecule has 0 bridgehead atoms. The number of anilines is 1. The molecule has 2 aliphatic rings. The average Bonchev–Trinajstić information content (AvgIpc) is 3.69. The Kier molecular flexibility index (Phi) is 8.34. The van der Waals surface area contributed by atoms with Crippen molar-refractivity contribution in [3.8, 4) is 11.5 Å². The normalized spacial score (nSPS) is 16.8. The smallest absolute Gasteiger partial charge is 0.319 e. The maximum atomic E-state index is 13.4. The second-order valence-electron chi connectivity index (χ2n) is 10.7. The Morgan fingerprint density at radius 2 is 1.65 bits per heavy atom. The molecule has 212 valence electrons. The molecule has 0 unspecified atom stereocenters. The summed E-state index contributed by atoms with van der Waals surface area (Å²) in [4.78, 5) is 13.2. The summed E-state index contributed by atoms with van der Waals surface area (Å²) in [5.41, 5.74) is 3.80. The first-order valence-electron chi connectivity index (χ1n) is 13.5. The molecule has 1 saturated heterocycles. The molecule has 1 aliphatic carbocycles. The van der Waals surface area contributed by atoms with Crippen LogP contribution in [0.5, 0.6) is 11.5 Å². The summed E-state index contributed by atoms with van der Waals surface area (Å²) < 4.78 is 34.3. The second kappa shape index (κ2) is 11.6. The molecule has 40 heavy (non-hydrogen) atoms. The molecule has 2 N–H and O–H groups in total. The van der Waals surface area contributed by atoms with Gasteiger partial charge in [0.05, 0.1) is 10.6 Å². The Labute approximate surface area is 245 Å². The number of nitrogens with zero attached hydrogens (tertiary/aromatic N) is 1. The van der Waals surface area contributed by atoms with Crippen LogP contribution >= 0.6 is 23.2 Å². The standard InChI is InChI=1S/C30H33Cl2N3O4S/c1-20-6-8-26(21(2)14-20)30(10-11-30)19-33-29(36)34-27-18-25(40(37,38)35-12-4-3-5-13-35)7-9-28(27)39-24-16-22(31)15-23(32)17-24/h6-9,14-18H,3-5,10-13,19H2,1-2H3,(H2,33,34,36). The number of ether oxygens (including phenoxy) is 1. The Morgan fingerprint density at radius 1 is 0.950 bits per heavy atom. The van der Waals surface area contributed by atoms with Crippen molar-refractivity contribution in [1.29, 1.82) is 0 Å². The summed E-state index contributed by atoms with van der Waals surface area (Å²) >= 11 is 12.3. The van der Waals surface area contributed by atoms with E-state index in [1.807, 2.05) is 0 Å². The van der Waals surface area contributed by atoms with Crippen molar-refractivity contribution in [3.63, 3.8) is 0 Å². The molecule has 3 aromatic rings. The molecule has 3 aromatic carbocycles. The molecular weight excluding hydrogens is 569 g/mol. The molecule has 0 atom stereocenters. The largest absolute Gasteiger partial charge is 0.455 e. The van der Waals surface area contributed by atoms with Gasteiger partial charge in [-0.05, 0) is 87.1 Å². The number of rotatable bonds is 8. The maximum absolute atomic E-state index is 13.4. The number of carbonyl (C=O) groups excluding carboxylic acids is 1. The zero-order valence-electron chi connectivity index (χ0n) is 22.6. The molecular formula is C30H33Cl2N3O4S. The zero-order valence-corrected chi connectivity index (χ0v) is 24.9. The van der Waals surface area contributed by atoms with Gasteiger partial charge in [-0.25, -0.2) is 13.2 Å². The van der Waals surface area contributed by atoms with Gasteiger partial charge in [0.2, 0.25) is 10.0 Å². The number of piperidine rings is 1. The highest BCUT2D eigenvalue weighted by Crippen LogP contribution is 2.49. The maximum Gasteiger partial charge on any atom is 0.319 e. The predicted octanol–water partition coefficient (Wildman–Crippen LogP) is 7.43. The van der Waals surface area contributed by atoms with E-state index in [1.165, 1.54) is 33.1 Å². The lowest BCUT2D eigenvalue weighted by Gasteiger charge is -2.26. The first-order chi connectivity index (χ1) is 19.1. The highest BCUT2D eigenvalue weighted by molar-refractivity contribution is 7.89. The van der Waals surface area contributed by atoms with Gasteiger partial charge in [-0.1, -0.05) is 53.4 Å². The molecule has 0 spiro atoms. The van der Waals surface area contributed by atoms with E-state index in [0.717, 1.165) is 32.1 Å². The molecule has 2 fully saturated rings. The minimum Gasteiger partial charge on any atom is -0.455 e. The fraction of sp³-hybridized carbons (Fsp3) is 0.367. The number of hydrogen-bond acceptors (Lipinski definition) is 4. The number of benzene rings is 3. The molecule has 1 aliphatic heterocycles. The van der Waals surface area contributed by atoms with E-state index in [0.29, 0.717) is 35.4 Å². The molecule has 5 rings (SSSR count). The molecule has 0 radical (unpaired) electrons. The summed E-state index contributed by atoms with van der Waals surface area (Å²) in [6.45, 7) is 5.59. The Hall–Kier alpha value is -2.78. The first-order valence-corrected chi connectivity index (χ1v) is 15.7. The van der Waals surface area contributed by atoms with Crippen molar-refractivity contribution in [2.75, 3.05) is 25.0 Å². The lowest BCUT2D eigenvalue weighted by molar-refractivity contribution is 0.251. The van der Waals surface area contributed by atoms with Crippen LogP contribution in [-0.2, 0) is 15.4 Å². The molecule has 7 nitrogen and oxygen atoms in total. The van der Waals surface area contributed by atoms with Gasteiger partial charge >= 0.3 is 6.03 Å². The van der Waals surface area contributed by atoms with Gasteiger partial charge < -0.3 is 15.4 Å². The van der Waals surface area contributed by atoms with Gasteiger partial charge in [-0.2, -0.15) is 4.31 Å². The van der Waals surface area contributed by atoms with Crippen molar-refractivity contribution >= 4 is 44.9 Å². The van der Waals surface area contributed by atoms with Crippen LogP contribution in [0.2, 0.25) is 10.0 Å². The SMILES string of the molecule is Cc1ccc(C2(CNC(=O)Nc3cc(S(=O)(=O)N4CCCCC4)ccc3Oc3cc(Cl)cc(Cl)c3)CC2)c(C)c1. The van der Waals surface area contributed by atoms with E-state index in [-0.39, 0.29) is 21.7 Å². The van der Waals surface area contributed by atoms with Crippen LogP contribution in [0, 0.1) is 13.8 Å². The van der Waals surface area contributed by atoms with Gasteiger partial charge in [0, 0.05) is 35.1 Å². The van der Waals surface area contributed by atoms with Crippen LogP contribution in [0.15, 0.2) is 59.5 Å². The van der Waals surface area contributed by atoms with Crippen molar-refractivity contribution in [2.24, 2.45) is 0 Å². The fourth-order valence-corrected chi connectivity index (χ4v) is 7.39. The van der Waals surface area contributed by atoms with E-state index in [9.17, 15) is 13.2 Å². The molecule has 10 heteroatoms. The molecule has 0 aromatic heterocycles. The van der Waals surface area contributed by atoms with Crippen molar-refractivity contribution in [1.82, 2.24) is 9.62 Å². The summed E-state index contributed by atoms with van der Waals surface area (Å²) in [7, 11) is -3.73. The minimum absolute atomic E-state index is 0.0918. The lowest BCUT2D eigenvalue weighted by atomic mass is 9.91. The predicted molar refractivity (Wildman–Crippen MR) is 159 cm³/mol. The van der Waals surface area contributed by atoms with Gasteiger partial charge in [0.25, 0.3) is 0 Å². The molecule has 1 saturated carbocycles. The van der Waals surface area contributed by atoms with Gasteiger partial charge in [-0.15, -0.1) is 0 Å². The number of hydrogen-bond donors (Lipinski definition) is 2. The minimum atomic E-state index is -3.73. The zero-order chi connectivity index (χ0) is 28.5. The summed E-state index contributed by atoms with van der Waals surface area (Å²) in [5.74, 6) is 0.626. The van der Waals surface area contributed by atoms with Crippen LogP contribution in [0.3, 0.4) is 0 Å². The highest BCUT2D eigenvalue weighted by atomic mass is 35.5. The number of halogens is 2. The Balaban J connectivity index is 1.39. The van der Waals surface area contributed by atoms with E-state index in [2.05, 4.69) is 42.7 Å². The number of sulfonamides is 1. The van der Waals surface area contributed by atoms with Crippen molar-refractivity contribution in [3.05, 3.63) is 81.3 Å². The van der Waals surface area contributed by atoms with Crippen LogP contribution in [0.25, 0.3) is 0 Å². The van der Waals surface area contributed by atoms with E-state index < -0.39 is 16.1 Å². The van der Waals surface area contributed by atoms with E-state index >= 15 is 0 Å². The van der Waals surface area contributed by atoms with Crippen LogP contribution in [-0.4, -0.2) is 38.4 Å². The summed E-state index contributed by atoms with van der Waals surface area (Å²) in [6, 6.07) is 15.2. The monoisotopic (exact) mass is 601 g/mol. The molecule has 1 heterocycles. The topological polar surface area (TPSA) is 87.7 Å². The summed E-state index contributed by atoms with van der Waals surface area (Å²) in [5, 5.41) is 6.60. The lowest BCUT2D eigenvalue weighted by Crippen LogP contribution is -2.36. The number of nitrogens with one attached hydrogen (secondary N) is 2. The third-order valence-corrected chi connectivity index (χ3v) is 9.94. The molecule has 2 amide bonds. The summed E-state index contributed by atoms with van der Waals surface area (Å²) in [6.07, 6.45) is 4.64. The van der Waals surface area contributed by atoms with Crippen LogP contribution < -0.4 is 15.4 Å². The number of aryl methyl sites for hydroxylation is 2. The van der Waals surface area contributed by atoms with Gasteiger partial charge in [0.1, 0.15) is 5.75 Å². The van der Waals surface area contributed by atoms with E-state index in [1.54, 1.807) is 24.3 Å². The Bertz CT molecular complexity index is 1510. The van der Waals surface area contributed by atoms with Crippen molar-refractivity contribution < 1.29 is 17.9 Å². The fourth-order valence-electron chi connectivity index (χ4n) is 5.34. The third-order valence-electron chi connectivity index (χ3n) is 7.61. The van der Waals surface area contributed by atoms with Gasteiger partial charge in [0.15, 0.2) is 5.75 Å². The quantitative estimate of drug-likeness (QED) is 0.281. The van der Waals surface area contributed by atoms with Crippen molar-refractivity contribution in [2.45, 2.75) is 56.3 Å². The Morgan fingerprint density at radius 3 is 2.30 bits per heavy atom. The highest BCUT2D eigenvalue weighted by Gasteiger charge is 2.45. The van der Waals surface area contributed by atoms with Crippen LogP contribution in [0.4, 0.5) is 10.5 Å². The van der Waals surface area contributed by atoms with E-state index in [4.69, 9.17) is 27.9 Å².